The Balaban J connectivity index is 1.38. The fourth-order valence-corrected chi connectivity index (χ4v) is 3.38. The van der Waals surface area contributed by atoms with Crippen LogP contribution in [0.5, 0.6) is 11.6 Å². The lowest BCUT2D eigenvalue weighted by Crippen LogP contribution is -2.26. The van der Waals surface area contributed by atoms with Crippen molar-refractivity contribution in [2.24, 2.45) is 10.9 Å². The second kappa shape index (κ2) is 10.3. The van der Waals surface area contributed by atoms with Crippen molar-refractivity contribution in [3.8, 4) is 11.6 Å². The van der Waals surface area contributed by atoms with E-state index in [0.29, 0.717) is 35.7 Å². The van der Waals surface area contributed by atoms with Crippen molar-refractivity contribution >= 4 is 29.0 Å². The number of nitrogens with zero attached hydrogens (tertiary/aromatic N) is 3. The Morgan fingerprint density at radius 3 is 2.67 bits per heavy atom. The van der Waals surface area contributed by atoms with Crippen LogP contribution in [-0.2, 0) is 14.4 Å². The molecule has 3 N–H and O–H groups in total. The molecule has 1 aromatic heterocycles. The van der Waals surface area contributed by atoms with Gasteiger partial charge in [0.1, 0.15) is 5.75 Å². The maximum atomic E-state index is 12.4. The number of carbonyl (C=O) groups excluding carboxylic acids is 2. The number of oxime groups is 1. The Kier molecular flexibility index (Phi) is 6.79. The van der Waals surface area contributed by atoms with Gasteiger partial charge in [-0.15, -0.1) is 0 Å². The van der Waals surface area contributed by atoms with Crippen LogP contribution < -0.4 is 20.7 Å². The number of hydrogen-bond acceptors (Lipinski definition) is 6. The highest BCUT2D eigenvalue weighted by Gasteiger charge is 2.24. The Hall–Kier alpha value is -4.40. The van der Waals surface area contributed by atoms with E-state index in [1.807, 2.05) is 24.3 Å². The fraction of sp³-hybridized carbons (Fsp3) is 0.167. The summed E-state index contributed by atoms with van der Waals surface area (Å²) >= 11 is 0. The molecular formula is C24H23N5O4. The lowest BCUT2D eigenvalue weighted by atomic mass is 10.2. The van der Waals surface area contributed by atoms with Crippen molar-refractivity contribution in [3.63, 3.8) is 0 Å². The van der Waals surface area contributed by atoms with Crippen molar-refractivity contribution in [1.82, 2.24) is 4.98 Å². The molecule has 1 aliphatic heterocycles. The molecular weight excluding hydrogens is 422 g/mol. The lowest BCUT2D eigenvalue weighted by Gasteiger charge is -2.19. The highest BCUT2D eigenvalue weighted by atomic mass is 16.6. The molecule has 0 spiro atoms. The Morgan fingerprint density at radius 1 is 1.09 bits per heavy atom. The summed E-state index contributed by atoms with van der Waals surface area (Å²) in [5.41, 5.74) is 7.66. The highest BCUT2D eigenvalue weighted by molar-refractivity contribution is 6.02. The molecule has 0 saturated carbocycles. The summed E-state index contributed by atoms with van der Waals surface area (Å²) in [6.07, 6.45) is 2.87. The van der Waals surface area contributed by atoms with Crippen molar-refractivity contribution in [2.45, 2.75) is 12.8 Å². The van der Waals surface area contributed by atoms with Gasteiger partial charge in [0, 0.05) is 19.2 Å². The maximum absolute atomic E-state index is 12.4. The number of benzene rings is 2. The van der Waals surface area contributed by atoms with Crippen LogP contribution in [0.1, 0.15) is 18.4 Å². The second-order valence-electron chi connectivity index (χ2n) is 7.24. The van der Waals surface area contributed by atoms with E-state index in [9.17, 15) is 9.59 Å². The zero-order chi connectivity index (χ0) is 23.0. The van der Waals surface area contributed by atoms with Crippen LogP contribution in [0.3, 0.4) is 0 Å². The SMILES string of the molecule is N/C(=N/OCC(=O)Nc1ccccc1N1CCCC1=O)c1cccnc1Oc1ccccc1. The van der Waals surface area contributed by atoms with Gasteiger partial charge < -0.3 is 25.5 Å². The topological polar surface area (TPSA) is 119 Å². The van der Waals surface area contributed by atoms with Gasteiger partial charge in [-0.25, -0.2) is 4.98 Å². The van der Waals surface area contributed by atoms with Gasteiger partial charge in [0.2, 0.25) is 11.8 Å². The summed E-state index contributed by atoms with van der Waals surface area (Å²) in [6.45, 7) is 0.264. The predicted octanol–water partition coefficient (Wildman–Crippen LogP) is 3.28. The minimum Gasteiger partial charge on any atom is -0.438 e. The summed E-state index contributed by atoms with van der Waals surface area (Å²) in [6, 6.07) is 19.7. The van der Waals surface area contributed by atoms with Crippen LogP contribution in [0.4, 0.5) is 11.4 Å². The molecule has 0 atom stereocenters. The van der Waals surface area contributed by atoms with E-state index in [-0.39, 0.29) is 24.2 Å². The Labute approximate surface area is 190 Å². The maximum Gasteiger partial charge on any atom is 0.265 e. The Morgan fingerprint density at radius 2 is 1.88 bits per heavy atom. The number of carbonyl (C=O) groups is 2. The molecule has 0 unspecified atom stereocenters. The average molecular weight is 445 g/mol. The minimum absolute atomic E-state index is 0.0184. The Bertz CT molecular complexity index is 1170. The largest absolute Gasteiger partial charge is 0.438 e. The minimum atomic E-state index is -0.433. The van der Waals surface area contributed by atoms with Gasteiger partial charge in [-0.3, -0.25) is 9.59 Å². The number of aromatic nitrogens is 1. The molecule has 0 radical (unpaired) electrons. The number of amidine groups is 1. The van der Waals surface area contributed by atoms with E-state index in [1.54, 1.807) is 53.6 Å². The highest BCUT2D eigenvalue weighted by Crippen LogP contribution is 2.29. The number of rotatable bonds is 8. The van der Waals surface area contributed by atoms with Crippen LogP contribution in [-0.4, -0.2) is 35.8 Å². The molecule has 1 saturated heterocycles. The molecule has 9 heteroatoms. The summed E-state index contributed by atoms with van der Waals surface area (Å²) in [5.74, 6) is 0.487. The molecule has 0 aliphatic carbocycles. The van der Waals surface area contributed by atoms with Crippen LogP contribution in [0, 0.1) is 0 Å². The summed E-state index contributed by atoms with van der Waals surface area (Å²) in [7, 11) is 0. The van der Waals surface area contributed by atoms with Crippen molar-refractivity contribution in [3.05, 3.63) is 78.5 Å². The van der Waals surface area contributed by atoms with Crippen LogP contribution in [0.15, 0.2) is 78.1 Å². The molecule has 3 aromatic rings. The number of nitrogens with one attached hydrogen (secondary N) is 1. The van der Waals surface area contributed by atoms with E-state index >= 15 is 0 Å². The molecule has 168 valence electrons. The third-order valence-corrected chi connectivity index (χ3v) is 4.91. The summed E-state index contributed by atoms with van der Waals surface area (Å²) in [4.78, 5) is 35.5. The molecule has 33 heavy (non-hydrogen) atoms. The molecule has 4 rings (SSSR count). The van der Waals surface area contributed by atoms with Crippen molar-refractivity contribution in [1.29, 1.82) is 0 Å². The third-order valence-electron chi connectivity index (χ3n) is 4.91. The van der Waals surface area contributed by atoms with E-state index in [2.05, 4.69) is 15.5 Å². The zero-order valence-corrected chi connectivity index (χ0v) is 17.8. The smallest absolute Gasteiger partial charge is 0.265 e. The predicted molar refractivity (Wildman–Crippen MR) is 124 cm³/mol. The molecule has 0 bridgehead atoms. The van der Waals surface area contributed by atoms with Gasteiger partial charge in [-0.1, -0.05) is 35.5 Å². The number of para-hydroxylation sites is 3. The normalized spacial score (nSPS) is 13.6. The zero-order valence-electron chi connectivity index (χ0n) is 17.8. The quantitative estimate of drug-likeness (QED) is 0.312. The van der Waals surface area contributed by atoms with Gasteiger partial charge in [-0.2, -0.15) is 0 Å². The van der Waals surface area contributed by atoms with Gasteiger partial charge in [0.15, 0.2) is 12.4 Å². The van der Waals surface area contributed by atoms with E-state index in [1.165, 1.54) is 0 Å². The van der Waals surface area contributed by atoms with Gasteiger partial charge in [0.05, 0.1) is 16.9 Å². The monoisotopic (exact) mass is 445 g/mol. The van der Waals surface area contributed by atoms with E-state index in [0.717, 1.165) is 6.42 Å². The second-order valence-corrected chi connectivity index (χ2v) is 7.24. The number of amides is 2. The number of nitrogens with two attached hydrogens (primary N) is 1. The van der Waals surface area contributed by atoms with Crippen molar-refractivity contribution < 1.29 is 19.2 Å². The van der Waals surface area contributed by atoms with Gasteiger partial charge >= 0.3 is 0 Å². The molecule has 2 aromatic carbocycles. The first kappa shape index (κ1) is 21.8. The first-order chi connectivity index (χ1) is 16.1. The molecule has 1 aliphatic rings. The molecule has 2 amide bonds. The van der Waals surface area contributed by atoms with E-state index < -0.39 is 5.91 Å². The number of anilines is 2. The number of hydrogen-bond donors (Lipinski definition) is 2. The summed E-state index contributed by atoms with van der Waals surface area (Å²) in [5, 5.41) is 6.60. The van der Waals surface area contributed by atoms with Gasteiger partial charge in [0.25, 0.3) is 5.91 Å². The van der Waals surface area contributed by atoms with Crippen LogP contribution in [0.2, 0.25) is 0 Å². The molecule has 9 nitrogen and oxygen atoms in total. The van der Waals surface area contributed by atoms with Crippen molar-refractivity contribution in [2.75, 3.05) is 23.4 Å². The number of pyridine rings is 1. The third kappa shape index (κ3) is 5.45. The first-order valence-corrected chi connectivity index (χ1v) is 10.4. The van der Waals surface area contributed by atoms with Crippen LogP contribution >= 0.6 is 0 Å². The van der Waals surface area contributed by atoms with Crippen LogP contribution in [0.25, 0.3) is 0 Å². The van der Waals surface area contributed by atoms with E-state index in [4.69, 9.17) is 15.3 Å². The molecule has 2 heterocycles. The molecule has 1 fully saturated rings. The standard InChI is InChI=1S/C24H23N5O4/c25-23(18-10-6-14-26-24(18)33-17-8-2-1-3-9-17)28-32-16-21(30)27-19-11-4-5-12-20(19)29-15-7-13-22(29)31/h1-6,8-12,14H,7,13,15-16H2,(H2,25,28)(H,27,30). The van der Waals surface area contributed by atoms with Gasteiger partial charge in [-0.05, 0) is 42.8 Å². The first-order valence-electron chi connectivity index (χ1n) is 10.4. The fourth-order valence-electron chi connectivity index (χ4n) is 3.38. The summed E-state index contributed by atoms with van der Waals surface area (Å²) < 4.78 is 5.77. The number of ether oxygens (including phenoxy) is 1. The lowest BCUT2D eigenvalue weighted by molar-refractivity contribution is -0.120. The average Bonchev–Trinajstić information content (AvgIpc) is 3.26.